The van der Waals surface area contributed by atoms with Gasteiger partial charge in [-0.2, -0.15) is 0 Å². The first-order valence-corrected chi connectivity index (χ1v) is 6.80. The summed E-state index contributed by atoms with van der Waals surface area (Å²) in [4.78, 5) is 12.4. The van der Waals surface area contributed by atoms with Gasteiger partial charge in [-0.3, -0.25) is 4.79 Å². The van der Waals surface area contributed by atoms with Gasteiger partial charge in [0.05, 0.1) is 15.6 Å². The first-order chi connectivity index (χ1) is 8.50. The molecule has 4 heteroatoms. The van der Waals surface area contributed by atoms with Crippen LogP contribution >= 0.6 is 39.1 Å². The van der Waals surface area contributed by atoms with Gasteiger partial charge in [-0.25, -0.2) is 0 Å². The molecule has 0 amide bonds. The van der Waals surface area contributed by atoms with Crippen molar-refractivity contribution in [2.45, 2.75) is 6.92 Å². The fraction of sp³-hybridized carbons (Fsp3) is 0.0714. The molecule has 0 saturated carbocycles. The second-order valence-electron chi connectivity index (χ2n) is 3.91. The maximum Gasteiger partial charge on any atom is 0.197 e. The molecular weight excluding hydrogens is 335 g/mol. The zero-order valence-electron chi connectivity index (χ0n) is 9.51. The predicted molar refractivity (Wildman–Crippen MR) is 78.8 cm³/mol. The van der Waals surface area contributed by atoms with Crippen LogP contribution < -0.4 is 0 Å². The van der Waals surface area contributed by atoms with Crippen molar-refractivity contribution < 1.29 is 4.79 Å². The third-order valence-corrected chi connectivity index (χ3v) is 3.85. The molecule has 0 spiro atoms. The molecule has 0 aromatic heterocycles. The molecule has 0 N–H and O–H groups in total. The Labute approximate surface area is 124 Å². The molecular formula is C14H9BrCl2O. The first-order valence-electron chi connectivity index (χ1n) is 5.25. The lowest BCUT2D eigenvalue weighted by molar-refractivity contribution is 0.103. The summed E-state index contributed by atoms with van der Waals surface area (Å²) in [6, 6.07) is 10.6. The average molecular weight is 344 g/mol. The van der Waals surface area contributed by atoms with Crippen LogP contribution in [-0.2, 0) is 0 Å². The number of ketones is 1. The highest BCUT2D eigenvalue weighted by molar-refractivity contribution is 9.10. The lowest BCUT2D eigenvalue weighted by atomic mass is 10.0. The maximum atomic E-state index is 12.4. The molecule has 0 aliphatic heterocycles. The third-order valence-electron chi connectivity index (χ3n) is 2.56. The summed E-state index contributed by atoms with van der Waals surface area (Å²) in [5, 5.41) is 0.722. The van der Waals surface area contributed by atoms with Crippen LogP contribution in [0.3, 0.4) is 0 Å². The fourth-order valence-electron chi connectivity index (χ4n) is 1.65. The number of carbonyl (C=O) groups is 1. The molecule has 0 heterocycles. The monoisotopic (exact) mass is 342 g/mol. The van der Waals surface area contributed by atoms with E-state index in [1.54, 1.807) is 24.3 Å². The molecule has 0 radical (unpaired) electrons. The van der Waals surface area contributed by atoms with Gasteiger partial charge in [-0.15, -0.1) is 0 Å². The summed E-state index contributed by atoms with van der Waals surface area (Å²) in [6.45, 7) is 1.96. The summed E-state index contributed by atoms with van der Waals surface area (Å²) >= 11 is 15.5. The van der Waals surface area contributed by atoms with Gasteiger partial charge in [-0.05, 0) is 36.8 Å². The van der Waals surface area contributed by atoms with Gasteiger partial charge < -0.3 is 0 Å². The molecule has 0 aliphatic carbocycles. The first kappa shape index (κ1) is 13.6. The van der Waals surface area contributed by atoms with Crippen LogP contribution in [0.1, 0.15) is 21.5 Å². The summed E-state index contributed by atoms with van der Waals surface area (Å²) in [7, 11) is 0. The van der Waals surface area contributed by atoms with Crippen LogP contribution in [0.25, 0.3) is 0 Å². The van der Waals surface area contributed by atoms with Crippen LogP contribution in [-0.4, -0.2) is 5.78 Å². The van der Waals surface area contributed by atoms with Crippen LogP contribution in [0.2, 0.25) is 10.0 Å². The van der Waals surface area contributed by atoms with Crippen molar-refractivity contribution in [1.29, 1.82) is 0 Å². The summed E-state index contributed by atoms with van der Waals surface area (Å²) in [5.74, 6) is -0.183. The largest absolute Gasteiger partial charge is 0.288 e. The molecule has 0 bridgehead atoms. The van der Waals surface area contributed by atoms with E-state index in [-0.39, 0.29) is 5.78 Å². The number of carbonyl (C=O) groups excluding carboxylic acids is 1. The number of benzene rings is 2. The van der Waals surface area contributed by atoms with Gasteiger partial charge in [0.1, 0.15) is 0 Å². The van der Waals surface area contributed by atoms with Crippen molar-refractivity contribution in [3.63, 3.8) is 0 Å². The van der Waals surface area contributed by atoms with Gasteiger partial charge >= 0.3 is 0 Å². The Kier molecular flexibility index (Phi) is 4.10. The van der Waals surface area contributed by atoms with E-state index in [0.717, 1.165) is 10.0 Å². The van der Waals surface area contributed by atoms with E-state index >= 15 is 0 Å². The molecule has 2 aromatic carbocycles. The zero-order chi connectivity index (χ0) is 13.3. The molecule has 0 saturated heterocycles. The Hall–Kier alpha value is -0.830. The van der Waals surface area contributed by atoms with Gasteiger partial charge in [-0.1, -0.05) is 51.3 Å². The predicted octanol–water partition coefficient (Wildman–Crippen LogP) is 5.30. The van der Waals surface area contributed by atoms with Crippen LogP contribution in [0, 0.1) is 6.92 Å². The molecule has 1 nitrogen and oxygen atoms in total. The molecule has 0 fully saturated rings. The number of rotatable bonds is 2. The van der Waals surface area contributed by atoms with Crippen molar-refractivity contribution in [3.05, 3.63) is 67.6 Å². The van der Waals surface area contributed by atoms with E-state index in [4.69, 9.17) is 23.2 Å². The Balaban J connectivity index is 2.55. The van der Waals surface area contributed by atoms with E-state index < -0.39 is 0 Å². The van der Waals surface area contributed by atoms with Gasteiger partial charge in [0, 0.05) is 10.0 Å². The SMILES string of the molecule is Cc1ccc(C(=O)c2c(Cl)cccc2Cl)c(Br)c1. The summed E-state index contributed by atoms with van der Waals surface area (Å²) in [5.41, 5.74) is 1.96. The zero-order valence-corrected chi connectivity index (χ0v) is 12.6. The van der Waals surface area contributed by atoms with E-state index in [9.17, 15) is 4.79 Å². The van der Waals surface area contributed by atoms with E-state index in [1.165, 1.54) is 0 Å². The van der Waals surface area contributed by atoms with E-state index in [0.29, 0.717) is 21.2 Å². The molecule has 92 valence electrons. The standard InChI is InChI=1S/C14H9BrCl2O/c1-8-5-6-9(10(15)7-8)14(18)13-11(16)3-2-4-12(13)17/h2-7H,1H3. The summed E-state index contributed by atoms with van der Waals surface area (Å²) in [6.07, 6.45) is 0. The highest BCUT2D eigenvalue weighted by Gasteiger charge is 2.18. The minimum atomic E-state index is -0.183. The maximum absolute atomic E-state index is 12.4. The topological polar surface area (TPSA) is 17.1 Å². The minimum absolute atomic E-state index is 0.183. The highest BCUT2D eigenvalue weighted by atomic mass is 79.9. The van der Waals surface area contributed by atoms with Gasteiger partial charge in [0.2, 0.25) is 0 Å². The molecule has 2 rings (SSSR count). The number of aryl methyl sites for hydroxylation is 1. The van der Waals surface area contributed by atoms with Crippen molar-refractivity contribution >= 4 is 44.9 Å². The van der Waals surface area contributed by atoms with Crippen molar-refractivity contribution in [1.82, 2.24) is 0 Å². The van der Waals surface area contributed by atoms with E-state index in [1.807, 2.05) is 19.1 Å². The quantitative estimate of drug-likeness (QED) is 0.676. The number of halogens is 3. The number of hydrogen-bond donors (Lipinski definition) is 0. The van der Waals surface area contributed by atoms with Crippen LogP contribution in [0.4, 0.5) is 0 Å². The summed E-state index contributed by atoms with van der Waals surface area (Å²) < 4.78 is 0.739. The molecule has 0 aliphatic rings. The Morgan fingerprint density at radius 3 is 2.28 bits per heavy atom. The molecule has 18 heavy (non-hydrogen) atoms. The van der Waals surface area contributed by atoms with Crippen LogP contribution in [0.15, 0.2) is 40.9 Å². The minimum Gasteiger partial charge on any atom is -0.288 e. The van der Waals surface area contributed by atoms with Crippen molar-refractivity contribution in [2.75, 3.05) is 0 Å². The number of hydrogen-bond acceptors (Lipinski definition) is 1. The fourth-order valence-corrected chi connectivity index (χ4v) is 2.90. The molecule has 0 unspecified atom stereocenters. The Bertz CT molecular complexity index is 603. The highest BCUT2D eigenvalue weighted by Crippen LogP contribution is 2.29. The third kappa shape index (κ3) is 2.61. The second kappa shape index (κ2) is 5.43. The average Bonchev–Trinajstić information content (AvgIpc) is 2.28. The van der Waals surface area contributed by atoms with Gasteiger partial charge in [0.15, 0.2) is 5.78 Å². The van der Waals surface area contributed by atoms with Crippen LogP contribution in [0.5, 0.6) is 0 Å². The van der Waals surface area contributed by atoms with E-state index in [2.05, 4.69) is 15.9 Å². The Morgan fingerprint density at radius 2 is 1.72 bits per heavy atom. The second-order valence-corrected chi connectivity index (χ2v) is 5.58. The molecule has 0 atom stereocenters. The Morgan fingerprint density at radius 1 is 1.11 bits per heavy atom. The van der Waals surface area contributed by atoms with Crippen molar-refractivity contribution in [2.24, 2.45) is 0 Å². The normalized spacial score (nSPS) is 10.4. The van der Waals surface area contributed by atoms with Crippen molar-refractivity contribution in [3.8, 4) is 0 Å². The lowest BCUT2D eigenvalue weighted by Gasteiger charge is -2.08. The molecule has 2 aromatic rings. The van der Waals surface area contributed by atoms with Gasteiger partial charge in [0.25, 0.3) is 0 Å². The lowest BCUT2D eigenvalue weighted by Crippen LogP contribution is -2.04. The smallest absolute Gasteiger partial charge is 0.197 e.